The number of amides is 1. The zero-order valence-corrected chi connectivity index (χ0v) is 17.1. The molecule has 1 saturated carbocycles. The number of halogens is 3. The van der Waals surface area contributed by atoms with Gasteiger partial charge in [-0.05, 0) is 55.4 Å². The molecule has 2 heterocycles. The molecule has 1 fully saturated rings. The van der Waals surface area contributed by atoms with Crippen LogP contribution in [0, 0.1) is 5.92 Å². The van der Waals surface area contributed by atoms with Crippen LogP contribution in [0.1, 0.15) is 52.9 Å². The number of nitrogens with one attached hydrogen (secondary N) is 1. The molecule has 1 amide bonds. The molecule has 2 aromatic heterocycles. The van der Waals surface area contributed by atoms with Crippen LogP contribution in [-0.4, -0.2) is 32.4 Å². The molecule has 0 atom stereocenters. The Morgan fingerprint density at radius 2 is 1.88 bits per heavy atom. The monoisotopic (exact) mass is 445 g/mol. The molecule has 0 bridgehead atoms. The van der Waals surface area contributed by atoms with Crippen molar-refractivity contribution in [1.82, 2.24) is 14.7 Å². The van der Waals surface area contributed by atoms with Crippen LogP contribution >= 0.6 is 0 Å². The first kappa shape index (κ1) is 21.9. The van der Waals surface area contributed by atoms with Crippen molar-refractivity contribution in [3.63, 3.8) is 0 Å². The number of carbonyl (C=O) groups excluding carboxylic acids is 1. The Balaban J connectivity index is 1.56. The molecule has 32 heavy (non-hydrogen) atoms. The van der Waals surface area contributed by atoms with Gasteiger partial charge in [0.1, 0.15) is 6.33 Å². The molecule has 4 rings (SSSR count). The summed E-state index contributed by atoms with van der Waals surface area (Å²) >= 11 is 0. The van der Waals surface area contributed by atoms with E-state index in [9.17, 15) is 22.8 Å². The Morgan fingerprint density at radius 1 is 1.12 bits per heavy atom. The van der Waals surface area contributed by atoms with Crippen molar-refractivity contribution in [2.45, 2.75) is 44.3 Å². The maximum Gasteiger partial charge on any atom is 0.416 e. The van der Waals surface area contributed by atoms with Gasteiger partial charge in [0, 0.05) is 12.2 Å². The second-order valence-corrected chi connectivity index (χ2v) is 8.12. The largest absolute Gasteiger partial charge is 0.481 e. The lowest BCUT2D eigenvalue weighted by molar-refractivity contribution is -0.143. The first-order valence-corrected chi connectivity index (χ1v) is 10.4. The summed E-state index contributed by atoms with van der Waals surface area (Å²) in [4.78, 5) is 28.3. The summed E-state index contributed by atoms with van der Waals surface area (Å²) in [6.07, 6.45) is 1.18. The molecule has 0 aliphatic heterocycles. The van der Waals surface area contributed by atoms with Crippen molar-refractivity contribution < 1.29 is 27.9 Å². The van der Waals surface area contributed by atoms with Crippen molar-refractivity contribution in [2.75, 3.05) is 0 Å². The van der Waals surface area contributed by atoms with Crippen LogP contribution in [0.5, 0.6) is 0 Å². The number of nitrogens with zero attached hydrogens (tertiary/aromatic N) is 2. The van der Waals surface area contributed by atoms with Crippen LogP contribution in [-0.2, 0) is 17.4 Å². The van der Waals surface area contributed by atoms with Crippen LogP contribution < -0.4 is 5.32 Å². The third kappa shape index (κ3) is 4.61. The van der Waals surface area contributed by atoms with Gasteiger partial charge in [-0.1, -0.05) is 24.3 Å². The topological polar surface area (TPSA) is 83.7 Å². The minimum absolute atomic E-state index is 0.134. The number of carbonyl (C=O) groups is 2. The molecule has 6 nitrogen and oxygen atoms in total. The van der Waals surface area contributed by atoms with Gasteiger partial charge in [-0.3, -0.25) is 9.59 Å². The number of fused-ring (bicyclic) bond motifs is 1. The third-order valence-electron chi connectivity index (χ3n) is 5.92. The van der Waals surface area contributed by atoms with Gasteiger partial charge in [-0.15, -0.1) is 0 Å². The first-order valence-electron chi connectivity index (χ1n) is 10.4. The lowest BCUT2D eigenvalue weighted by Crippen LogP contribution is -2.39. The quantitative estimate of drug-likeness (QED) is 0.613. The second-order valence-electron chi connectivity index (χ2n) is 8.12. The number of carboxylic acids is 1. The highest BCUT2D eigenvalue weighted by Crippen LogP contribution is 2.30. The molecule has 1 aliphatic carbocycles. The molecule has 0 radical (unpaired) electrons. The molecule has 0 spiro atoms. The summed E-state index contributed by atoms with van der Waals surface area (Å²) in [7, 11) is 0. The van der Waals surface area contributed by atoms with Gasteiger partial charge in [0.05, 0.1) is 17.0 Å². The van der Waals surface area contributed by atoms with Crippen LogP contribution in [0.15, 0.2) is 48.9 Å². The van der Waals surface area contributed by atoms with Gasteiger partial charge in [-0.2, -0.15) is 13.2 Å². The highest BCUT2D eigenvalue weighted by atomic mass is 19.4. The summed E-state index contributed by atoms with van der Waals surface area (Å²) in [5.41, 5.74) is 1.19. The van der Waals surface area contributed by atoms with E-state index >= 15 is 0 Å². The van der Waals surface area contributed by atoms with E-state index in [1.807, 2.05) is 0 Å². The van der Waals surface area contributed by atoms with Crippen molar-refractivity contribution in [3.8, 4) is 0 Å². The number of rotatable bonds is 5. The number of aromatic nitrogens is 2. The predicted molar refractivity (Wildman–Crippen MR) is 110 cm³/mol. The molecule has 0 unspecified atom stereocenters. The van der Waals surface area contributed by atoms with Gasteiger partial charge < -0.3 is 14.8 Å². The maximum atomic E-state index is 13.1. The molecular weight excluding hydrogens is 423 g/mol. The standard InChI is InChI=1S/C23H22F3N3O3/c24-23(25,26)17-5-1-3-14(12-17)11-16-4-2-10-29-13-27-19(20(16)29)21(30)28-18-8-6-15(7-9-18)22(31)32/h1-5,10,12-13,15,18H,6-9,11H2,(H,28,30)(H,31,32). The molecule has 3 aromatic rings. The molecule has 168 valence electrons. The minimum Gasteiger partial charge on any atom is -0.481 e. The number of carboxylic acid groups (broad SMARTS) is 1. The highest BCUT2D eigenvalue weighted by molar-refractivity contribution is 6.00. The van der Waals surface area contributed by atoms with E-state index in [4.69, 9.17) is 5.11 Å². The maximum absolute atomic E-state index is 13.1. The zero-order chi connectivity index (χ0) is 22.9. The van der Waals surface area contributed by atoms with Gasteiger partial charge in [-0.25, -0.2) is 4.98 Å². The van der Waals surface area contributed by atoms with Gasteiger partial charge in [0.2, 0.25) is 0 Å². The Hall–Kier alpha value is -3.36. The molecule has 9 heteroatoms. The Morgan fingerprint density at radius 3 is 2.56 bits per heavy atom. The molecule has 2 N–H and O–H groups in total. The average molecular weight is 445 g/mol. The van der Waals surface area contributed by atoms with E-state index in [2.05, 4.69) is 10.3 Å². The lowest BCUT2D eigenvalue weighted by Gasteiger charge is -2.26. The number of hydrogen-bond acceptors (Lipinski definition) is 3. The van der Waals surface area contributed by atoms with Crippen molar-refractivity contribution in [3.05, 3.63) is 71.3 Å². The van der Waals surface area contributed by atoms with E-state index in [0.29, 0.717) is 42.3 Å². The lowest BCUT2D eigenvalue weighted by atomic mass is 9.86. The molecule has 1 aromatic carbocycles. The fourth-order valence-electron chi connectivity index (χ4n) is 4.25. The van der Waals surface area contributed by atoms with E-state index in [1.54, 1.807) is 28.8 Å². The normalized spacial score (nSPS) is 19.1. The third-order valence-corrected chi connectivity index (χ3v) is 5.92. The zero-order valence-electron chi connectivity index (χ0n) is 17.1. The second kappa shape index (κ2) is 8.64. The van der Waals surface area contributed by atoms with Crippen LogP contribution in [0.2, 0.25) is 0 Å². The van der Waals surface area contributed by atoms with E-state index in [-0.39, 0.29) is 30.0 Å². The highest BCUT2D eigenvalue weighted by Gasteiger charge is 2.31. The van der Waals surface area contributed by atoms with Gasteiger partial charge >= 0.3 is 12.1 Å². The van der Waals surface area contributed by atoms with Crippen molar-refractivity contribution in [2.24, 2.45) is 5.92 Å². The molecule has 0 saturated heterocycles. The summed E-state index contributed by atoms with van der Waals surface area (Å²) in [5, 5.41) is 12.1. The van der Waals surface area contributed by atoms with Crippen LogP contribution in [0.4, 0.5) is 13.2 Å². The summed E-state index contributed by atoms with van der Waals surface area (Å²) < 4.78 is 40.9. The minimum atomic E-state index is -4.43. The predicted octanol–water partition coefficient (Wildman–Crippen LogP) is 4.32. The van der Waals surface area contributed by atoms with Gasteiger partial charge in [0.25, 0.3) is 5.91 Å². The number of aliphatic carboxylic acids is 1. The van der Waals surface area contributed by atoms with E-state index < -0.39 is 17.7 Å². The Labute approximate surface area is 182 Å². The summed E-state index contributed by atoms with van der Waals surface area (Å²) in [6, 6.07) is 8.52. The average Bonchev–Trinajstić information content (AvgIpc) is 3.19. The van der Waals surface area contributed by atoms with Crippen molar-refractivity contribution >= 4 is 17.4 Å². The molecule has 1 aliphatic rings. The van der Waals surface area contributed by atoms with Crippen LogP contribution in [0.3, 0.4) is 0 Å². The number of alkyl halides is 3. The first-order chi connectivity index (χ1) is 15.2. The van der Waals surface area contributed by atoms with E-state index in [0.717, 1.165) is 12.1 Å². The van der Waals surface area contributed by atoms with Crippen molar-refractivity contribution in [1.29, 1.82) is 0 Å². The number of pyridine rings is 1. The fourth-order valence-corrected chi connectivity index (χ4v) is 4.25. The van der Waals surface area contributed by atoms with Crippen LogP contribution in [0.25, 0.3) is 5.52 Å². The fraction of sp³-hybridized carbons (Fsp3) is 0.348. The number of hydrogen-bond donors (Lipinski definition) is 2. The Kier molecular flexibility index (Phi) is 5.90. The summed E-state index contributed by atoms with van der Waals surface area (Å²) in [5.74, 6) is -1.56. The summed E-state index contributed by atoms with van der Waals surface area (Å²) in [6.45, 7) is 0. The number of imidazole rings is 1. The number of benzene rings is 1. The Bertz CT molecular complexity index is 1150. The van der Waals surface area contributed by atoms with E-state index in [1.165, 1.54) is 12.4 Å². The molecular formula is C23H22F3N3O3. The smallest absolute Gasteiger partial charge is 0.416 e. The van der Waals surface area contributed by atoms with Gasteiger partial charge in [0.15, 0.2) is 5.69 Å². The SMILES string of the molecule is O=C(NC1CCC(C(=O)O)CC1)c1ncn2cccc(Cc3cccc(C(F)(F)F)c3)c12.